The first-order valence-corrected chi connectivity index (χ1v) is 19.8. The van der Waals surface area contributed by atoms with Crippen molar-refractivity contribution in [3.05, 3.63) is 88.4 Å². The van der Waals surface area contributed by atoms with Gasteiger partial charge in [0.15, 0.2) is 5.65 Å². The van der Waals surface area contributed by atoms with Crippen LogP contribution < -0.4 is 16.5 Å². The van der Waals surface area contributed by atoms with Gasteiger partial charge in [-0.2, -0.15) is 5.10 Å². The molecule has 3 N–H and O–H groups in total. The summed E-state index contributed by atoms with van der Waals surface area (Å²) in [6.45, 7) is 9.45. The first-order chi connectivity index (χ1) is 23.4. The second kappa shape index (κ2) is 13.7. The Bertz CT molecular complexity index is 2090. The summed E-state index contributed by atoms with van der Waals surface area (Å²) in [5.41, 5.74) is 8.00. The summed E-state index contributed by atoms with van der Waals surface area (Å²) in [5.74, 6) is -1.57. The largest absolute Gasteiger partial charge is 0.461 e. The molecule has 0 unspecified atom stereocenters. The van der Waals surface area contributed by atoms with E-state index < -0.39 is 31.2 Å². The van der Waals surface area contributed by atoms with Crippen LogP contribution in [0.5, 0.6) is 0 Å². The van der Waals surface area contributed by atoms with Crippen molar-refractivity contribution in [3.8, 4) is 22.4 Å². The van der Waals surface area contributed by atoms with Gasteiger partial charge in [-0.15, -0.1) is 0 Å². The Morgan fingerprint density at radius 1 is 1.04 bits per heavy atom. The van der Waals surface area contributed by atoms with Gasteiger partial charge in [-0.05, 0) is 55.6 Å². The van der Waals surface area contributed by atoms with E-state index in [0.29, 0.717) is 40.1 Å². The number of aromatic nitrogens is 5. The number of carbonyl (C=O) groups is 2. The number of nitrogens with zero attached hydrogens (tertiary/aromatic N) is 5. The molecule has 3 aromatic heterocycles. The quantitative estimate of drug-likeness (QED) is 0.0899. The Morgan fingerprint density at radius 3 is 2.39 bits per heavy atom. The number of amides is 1. The number of pyridine rings is 1. The zero-order chi connectivity index (χ0) is 34.9. The summed E-state index contributed by atoms with van der Waals surface area (Å²) in [4.78, 5) is 49.3. The lowest BCUT2D eigenvalue weighted by atomic mass is 10.00. The summed E-state index contributed by atoms with van der Waals surface area (Å²) in [5, 5.41) is 8.14. The topological polar surface area (TPSA) is 156 Å². The molecule has 6 rings (SSSR count). The van der Waals surface area contributed by atoms with E-state index >= 15 is 0 Å². The summed E-state index contributed by atoms with van der Waals surface area (Å²) >= 11 is 0. The number of ether oxygens (including phenoxy) is 2. The molecule has 12 nitrogen and oxygen atoms in total. The number of anilines is 2. The highest BCUT2D eigenvalue weighted by atomic mass is 28.3. The first-order valence-electron chi connectivity index (χ1n) is 16.1. The maximum Gasteiger partial charge on any atom is 0.355 e. The molecular formula is C35H38FN7O5Si. The van der Waals surface area contributed by atoms with Gasteiger partial charge in [-0.1, -0.05) is 43.9 Å². The summed E-state index contributed by atoms with van der Waals surface area (Å²) < 4.78 is 28.3. The normalized spacial score (nSPS) is 13.1. The van der Waals surface area contributed by atoms with Crippen molar-refractivity contribution in [2.45, 2.75) is 58.2 Å². The van der Waals surface area contributed by atoms with E-state index in [-0.39, 0.29) is 42.0 Å². The predicted octanol–water partition coefficient (Wildman–Crippen LogP) is 6.12. The minimum atomic E-state index is -1.26. The Balaban J connectivity index is 1.30. The molecule has 0 saturated heterocycles. The van der Waals surface area contributed by atoms with Gasteiger partial charge in [-0.25, -0.2) is 23.8 Å². The van der Waals surface area contributed by atoms with E-state index in [9.17, 15) is 18.8 Å². The third-order valence-corrected chi connectivity index (χ3v) is 9.91. The Kier molecular flexibility index (Phi) is 9.43. The lowest BCUT2D eigenvalue weighted by molar-refractivity contribution is 0.0513. The lowest BCUT2D eigenvalue weighted by Gasteiger charge is -2.18. The molecule has 1 aliphatic carbocycles. The molecule has 1 aliphatic rings. The number of benzene rings is 2. The van der Waals surface area contributed by atoms with Crippen LogP contribution in [0.2, 0.25) is 25.7 Å². The van der Waals surface area contributed by atoms with Gasteiger partial charge < -0.3 is 25.1 Å². The number of rotatable bonds is 12. The molecule has 3 heterocycles. The van der Waals surface area contributed by atoms with E-state index in [1.54, 1.807) is 40.4 Å². The number of esters is 1. The SMILES string of the molecule is CCOC(=O)c1c(-c2ccc(F)cc2)c(=O)c(C(=O)Nc2ccc(-c3nn(COCC[Si](C)(C)C)c4ncnc(N)c34)cc2)cn1C1CC1. The highest BCUT2D eigenvalue weighted by Gasteiger charge is 2.33. The van der Waals surface area contributed by atoms with Crippen LogP contribution in [0.1, 0.15) is 46.7 Å². The van der Waals surface area contributed by atoms with Gasteiger partial charge in [0, 0.05) is 38.2 Å². The molecule has 254 valence electrons. The van der Waals surface area contributed by atoms with Crippen LogP contribution in [0, 0.1) is 5.82 Å². The molecule has 0 bridgehead atoms. The number of hydrogen-bond donors (Lipinski definition) is 2. The number of nitrogens with two attached hydrogens (primary N) is 1. The molecule has 2 aromatic carbocycles. The van der Waals surface area contributed by atoms with E-state index in [4.69, 9.17) is 20.3 Å². The second-order valence-corrected chi connectivity index (χ2v) is 18.8. The molecule has 1 fully saturated rings. The fraction of sp³-hybridized carbons (Fsp3) is 0.314. The average molecular weight is 684 g/mol. The lowest BCUT2D eigenvalue weighted by Crippen LogP contribution is -2.29. The van der Waals surface area contributed by atoms with Gasteiger partial charge in [0.1, 0.15) is 41.6 Å². The molecule has 14 heteroatoms. The third-order valence-electron chi connectivity index (χ3n) is 8.21. The van der Waals surface area contributed by atoms with E-state index in [1.165, 1.54) is 36.8 Å². The Hall–Kier alpha value is -5.21. The van der Waals surface area contributed by atoms with Crippen molar-refractivity contribution in [2.24, 2.45) is 0 Å². The molecule has 1 saturated carbocycles. The highest BCUT2D eigenvalue weighted by molar-refractivity contribution is 6.76. The number of halogens is 1. The summed E-state index contributed by atoms with van der Waals surface area (Å²) in [6, 6.07) is 13.1. The van der Waals surface area contributed by atoms with E-state index in [1.807, 2.05) is 0 Å². The van der Waals surface area contributed by atoms with Crippen LogP contribution in [0.25, 0.3) is 33.4 Å². The minimum absolute atomic E-state index is 0.0138. The monoisotopic (exact) mass is 683 g/mol. The average Bonchev–Trinajstić information content (AvgIpc) is 3.84. The molecule has 0 spiro atoms. The molecule has 0 atom stereocenters. The van der Waals surface area contributed by atoms with Crippen molar-refractivity contribution in [2.75, 3.05) is 24.3 Å². The van der Waals surface area contributed by atoms with Gasteiger partial charge in [0.05, 0.1) is 17.6 Å². The second-order valence-electron chi connectivity index (χ2n) is 13.1. The number of hydrogen-bond acceptors (Lipinski definition) is 9. The molecule has 5 aromatic rings. The fourth-order valence-corrected chi connectivity index (χ4v) is 6.25. The molecule has 0 radical (unpaired) electrons. The zero-order valence-corrected chi connectivity index (χ0v) is 28.8. The van der Waals surface area contributed by atoms with Crippen molar-refractivity contribution in [1.29, 1.82) is 0 Å². The number of fused-ring (bicyclic) bond motifs is 1. The first kappa shape index (κ1) is 33.7. The van der Waals surface area contributed by atoms with Crippen molar-refractivity contribution in [3.63, 3.8) is 0 Å². The zero-order valence-electron chi connectivity index (χ0n) is 27.8. The van der Waals surface area contributed by atoms with Crippen molar-refractivity contribution < 1.29 is 23.5 Å². The third kappa shape index (κ3) is 7.29. The van der Waals surface area contributed by atoms with Crippen LogP contribution >= 0.6 is 0 Å². The summed E-state index contributed by atoms with van der Waals surface area (Å²) in [7, 11) is -1.26. The number of nitrogens with one attached hydrogen (secondary N) is 1. The van der Waals surface area contributed by atoms with Crippen molar-refractivity contribution in [1.82, 2.24) is 24.3 Å². The molecule has 49 heavy (non-hydrogen) atoms. The highest BCUT2D eigenvalue weighted by Crippen LogP contribution is 2.38. The predicted molar refractivity (Wildman–Crippen MR) is 188 cm³/mol. The van der Waals surface area contributed by atoms with Crippen LogP contribution in [0.3, 0.4) is 0 Å². The smallest absolute Gasteiger partial charge is 0.355 e. The van der Waals surface area contributed by atoms with Gasteiger partial charge in [-0.3, -0.25) is 9.59 Å². The van der Waals surface area contributed by atoms with Crippen LogP contribution in [-0.4, -0.2) is 57.5 Å². The standard InChI is InChI=1S/C35H38FN7O5Si/c1-5-48-35(46)30-27(21-6-10-23(36)11-7-21)31(44)26(18-42(30)25-14-15-25)34(45)40-24-12-8-22(9-13-24)29-28-32(37)38-19-39-33(28)43(41-29)20-47-16-17-49(2,3)4/h6-13,18-19,25H,5,14-17,20H2,1-4H3,(H,40,45)(H2,37,38,39). The van der Waals surface area contributed by atoms with E-state index in [0.717, 1.165) is 18.9 Å². The molecule has 1 amide bonds. The van der Waals surface area contributed by atoms with Gasteiger partial charge >= 0.3 is 5.97 Å². The van der Waals surface area contributed by atoms with Crippen LogP contribution in [0.4, 0.5) is 15.9 Å². The van der Waals surface area contributed by atoms with Gasteiger partial charge in [0.2, 0.25) is 5.43 Å². The number of carbonyl (C=O) groups excluding carboxylic acids is 2. The Labute approximate surface area is 283 Å². The maximum absolute atomic E-state index is 13.9. The maximum atomic E-state index is 13.9. The molecule has 0 aliphatic heterocycles. The summed E-state index contributed by atoms with van der Waals surface area (Å²) in [6.07, 6.45) is 4.34. The fourth-order valence-electron chi connectivity index (χ4n) is 5.49. The Morgan fingerprint density at radius 2 is 1.73 bits per heavy atom. The van der Waals surface area contributed by atoms with Gasteiger partial charge in [0.25, 0.3) is 5.91 Å². The molecular weight excluding hydrogens is 646 g/mol. The number of nitrogen functional groups attached to an aromatic ring is 1. The van der Waals surface area contributed by atoms with Crippen LogP contribution in [0.15, 0.2) is 65.8 Å². The van der Waals surface area contributed by atoms with E-state index in [2.05, 4.69) is 34.9 Å². The minimum Gasteiger partial charge on any atom is -0.461 e. The van der Waals surface area contributed by atoms with Crippen LogP contribution in [-0.2, 0) is 16.2 Å². The van der Waals surface area contributed by atoms with Crippen molar-refractivity contribution >= 4 is 42.5 Å².